The van der Waals surface area contributed by atoms with Crippen molar-refractivity contribution in [2.24, 2.45) is 4.99 Å². The molecule has 0 spiro atoms. The molecule has 0 bridgehead atoms. The van der Waals surface area contributed by atoms with Crippen molar-refractivity contribution in [1.29, 1.82) is 0 Å². The van der Waals surface area contributed by atoms with Crippen LogP contribution in [0.2, 0.25) is 5.02 Å². The van der Waals surface area contributed by atoms with E-state index in [2.05, 4.69) is 39.6 Å². The minimum atomic E-state index is -0.868. The average molecular weight is 555 g/mol. The van der Waals surface area contributed by atoms with Gasteiger partial charge in [0.1, 0.15) is 0 Å². The number of nitrogens with one attached hydrogen (secondary N) is 2. The van der Waals surface area contributed by atoms with E-state index in [0.29, 0.717) is 18.3 Å². The van der Waals surface area contributed by atoms with Crippen LogP contribution in [0.4, 0.5) is 0 Å². The van der Waals surface area contributed by atoms with Crippen molar-refractivity contribution in [3.63, 3.8) is 0 Å². The van der Waals surface area contributed by atoms with Crippen LogP contribution in [0.15, 0.2) is 29.3 Å². The summed E-state index contributed by atoms with van der Waals surface area (Å²) in [6.07, 6.45) is 2.18. The van der Waals surface area contributed by atoms with Gasteiger partial charge in [-0.15, -0.1) is 24.0 Å². The predicted octanol–water partition coefficient (Wildman–Crippen LogP) is 4.02. The minimum absolute atomic E-state index is 0. The number of rotatable bonds is 7. The SMILES string of the molecule is CCNC(=NCCS(=O)C(C)(C)C)NC1CCN(Cc2ccc(Cl)cc2)CC1.I. The number of aliphatic imine (C=N–C) groups is 1. The normalized spacial score (nSPS) is 17.5. The Morgan fingerprint density at radius 3 is 2.41 bits per heavy atom. The molecule has 1 fully saturated rings. The van der Waals surface area contributed by atoms with E-state index in [9.17, 15) is 4.21 Å². The zero-order valence-electron chi connectivity index (χ0n) is 18.0. The first-order valence-electron chi connectivity index (χ1n) is 10.2. The third-order valence-electron chi connectivity index (χ3n) is 4.82. The maximum absolute atomic E-state index is 12.2. The van der Waals surface area contributed by atoms with Crippen LogP contribution in [0.5, 0.6) is 0 Å². The number of halogens is 2. The Morgan fingerprint density at radius 1 is 1.24 bits per heavy atom. The molecule has 29 heavy (non-hydrogen) atoms. The summed E-state index contributed by atoms with van der Waals surface area (Å²) in [6.45, 7) is 12.6. The van der Waals surface area contributed by atoms with E-state index in [1.165, 1.54) is 5.56 Å². The molecule has 1 atom stereocenters. The maximum atomic E-state index is 12.2. The number of piperidine rings is 1. The summed E-state index contributed by atoms with van der Waals surface area (Å²) < 4.78 is 12.0. The van der Waals surface area contributed by atoms with Crippen molar-refractivity contribution < 1.29 is 4.21 Å². The number of benzene rings is 1. The monoisotopic (exact) mass is 554 g/mol. The van der Waals surface area contributed by atoms with Gasteiger partial charge in [-0.3, -0.25) is 14.1 Å². The lowest BCUT2D eigenvalue weighted by Crippen LogP contribution is -2.48. The Labute approximate surface area is 200 Å². The van der Waals surface area contributed by atoms with Gasteiger partial charge < -0.3 is 10.6 Å². The third kappa shape index (κ3) is 9.98. The Morgan fingerprint density at radius 2 is 1.86 bits per heavy atom. The zero-order chi connectivity index (χ0) is 20.6. The second-order valence-electron chi connectivity index (χ2n) is 8.24. The van der Waals surface area contributed by atoms with Crippen molar-refractivity contribution >= 4 is 52.3 Å². The first-order valence-corrected chi connectivity index (χ1v) is 11.9. The number of guanidine groups is 1. The summed E-state index contributed by atoms with van der Waals surface area (Å²) in [4.78, 5) is 7.12. The third-order valence-corrected chi connectivity index (χ3v) is 6.99. The quantitative estimate of drug-likeness (QED) is 0.304. The molecular formula is C21H36ClIN4OS. The second kappa shape index (κ2) is 13.1. The predicted molar refractivity (Wildman–Crippen MR) is 137 cm³/mol. The van der Waals surface area contributed by atoms with E-state index >= 15 is 0 Å². The minimum Gasteiger partial charge on any atom is -0.357 e. The largest absolute Gasteiger partial charge is 0.357 e. The molecule has 8 heteroatoms. The Kier molecular flexibility index (Phi) is 12.1. The first-order chi connectivity index (χ1) is 13.3. The van der Waals surface area contributed by atoms with E-state index in [1.54, 1.807) is 0 Å². The highest BCUT2D eigenvalue weighted by Crippen LogP contribution is 2.16. The van der Waals surface area contributed by atoms with Gasteiger partial charge in [0, 0.05) is 58.5 Å². The summed E-state index contributed by atoms with van der Waals surface area (Å²) in [6, 6.07) is 8.54. The summed E-state index contributed by atoms with van der Waals surface area (Å²) in [5, 5.41) is 7.65. The molecule has 0 aromatic heterocycles. The van der Waals surface area contributed by atoms with Gasteiger partial charge in [-0.1, -0.05) is 23.7 Å². The lowest BCUT2D eigenvalue weighted by molar-refractivity contribution is 0.198. The highest BCUT2D eigenvalue weighted by Gasteiger charge is 2.21. The van der Waals surface area contributed by atoms with Gasteiger partial charge in [0.05, 0.1) is 6.54 Å². The molecule has 1 unspecified atom stereocenters. The van der Waals surface area contributed by atoms with Crippen LogP contribution in [0, 0.1) is 0 Å². The van der Waals surface area contributed by atoms with E-state index in [4.69, 9.17) is 11.6 Å². The summed E-state index contributed by atoms with van der Waals surface area (Å²) >= 11 is 5.97. The van der Waals surface area contributed by atoms with Crippen molar-refractivity contribution in [2.75, 3.05) is 31.9 Å². The smallest absolute Gasteiger partial charge is 0.191 e. The molecule has 0 radical (unpaired) electrons. The average Bonchev–Trinajstić information content (AvgIpc) is 2.64. The van der Waals surface area contributed by atoms with Gasteiger partial charge in [0.25, 0.3) is 0 Å². The highest BCUT2D eigenvalue weighted by molar-refractivity contribution is 14.0. The number of hydrogen-bond acceptors (Lipinski definition) is 3. The lowest BCUT2D eigenvalue weighted by atomic mass is 10.0. The molecule has 0 saturated carbocycles. The molecule has 5 nitrogen and oxygen atoms in total. The van der Waals surface area contributed by atoms with Crippen LogP contribution in [0.3, 0.4) is 0 Å². The second-order valence-corrected chi connectivity index (χ2v) is 11.0. The zero-order valence-corrected chi connectivity index (χ0v) is 21.9. The standard InChI is InChI=1S/C21H35ClN4OS.HI/c1-5-23-20(24-12-15-28(27)21(2,3)4)25-19-10-13-26(14-11-19)16-17-6-8-18(22)9-7-17;/h6-9,19H,5,10-16H2,1-4H3,(H2,23,24,25);1H. The number of nitrogens with zero attached hydrogens (tertiary/aromatic N) is 2. The van der Waals surface area contributed by atoms with E-state index in [1.807, 2.05) is 32.9 Å². The summed E-state index contributed by atoms with van der Waals surface area (Å²) in [5.41, 5.74) is 1.30. The van der Waals surface area contributed by atoms with Gasteiger partial charge in [-0.2, -0.15) is 0 Å². The molecule has 2 N–H and O–H groups in total. The highest BCUT2D eigenvalue weighted by atomic mass is 127. The molecule has 1 saturated heterocycles. The van der Waals surface area contributed by atoms with E-state index in [-0.39, 0.29) is 28.7 Å². The van der Waals surface area contributed by atoms with Gasteiger partial charge in [-0.25, -0.2) is 0 Å². The molecule has 0 amide bonds. The van der Waals surface area contributed by atoms with Crippen molar-refractivity contribution in [2.45, 2.75) is 57.9 Å². The molecule has 1 aromatic rings. The molecule has 2 rings (SSSR count). The van der Waals surface area contributed by atoms with Gasteiger partial charge in [0.15, 0.2) is 5.96 Å². The van der Waals surface area contributed by atoms with Gasteiger partial charge >= 0.3 is 0 Å². The first kappa shape index (κ1) is 26.7. The van der Waals surface area contributed by atoms with Crippen molar-refractivity contribution in [3.8, 4) is 0 Å². The van der Waals surface area contributed by atoms with Crippen LogP contribution >= 0.6 is 35.6 Å². The number of likely N-dealkylation sites (tertiary alicyclic amines) is 1. The molecule has 1 aliphatic rings. The molecule has 1 heterocycles. The Bertz CT molecular complexity index is 656. The van der Waals surface area contributed by atoms with Gasteiger partial charge in [-0.05, 0) is 58.2 Å². The van der Waals surface area contributed by atoms with Crippen LogP contribution in [0.1, 0.15) is 46.1 Å². The fourth-order valence-electron chi connectivity index (χ4n) is 3.14. The molecule has 1 aromatic carbocycles. The maximum Gasteiger partial charge on any atom is 0.191 e. The fraction of sp³-hybridized carbons (Fsp3) is 0.667. The Balaban J connectivity index is 0.00000420. The number of hydrogen-bond donors (Lipinski definition) is 2. The summed E-state index contributed by atoms with van der Waals surface area (Å²) in [7, 11) is -0.868. The van der Waals surface area contributed by atoms with Crippen LogP contribution in [-0.4, -0.2) is 57.8 Å². The molecular weight excluding hydrogens is 519 g/mol. The molecule has 0 aliphatic carbocycles. The van der Waals surface area contributed by atoms with Gasteiger partial charge in [0.2, 0.25) is 0 Å². The fourth-order valence-corrected chi connectivity index (χ4v) is 4.14. The summed E-state index contributed by atoms with van der Waals surface area (Å²) in [5.74, 6) is 1.43. The molecule has 1 aliphatic heterocycles. The van der Waals surface area contributed by atoms with Crippen LogP contribution in [-0.2, 0) is 17.3 Å². The van der Waals surface area contributed by atoms with E-state index < -0.39 is 10.8 Å². The molecule has 166 valence electrons. The van der Waals surface area contributed by atoms with E-state index in [0.717, 1.165) is 50.0 Å². The van der Waals surface area contributed by atoms with Crippen molar-refractivity contribution in [1.82, 2.24) is 15.5 Å². The lowest BCUT2D eigenvalue weighted by Gasteiger charge is -2.33. The van der Waals surface area contributed by atoms with Crippen LogP contribution < -0.4 is 10.6 Å². The van der Waals surface area contributed by atoms with Crippen LogP contribution in [0.25, 0.3) is 0 Å². The Hall–Kier alpha value is -0.380. The topological polar surface area (TPSA) is 56.7 Å². The van der Waals surface area contributed by atoms with Crippen molar-refractivity contribution in [3.05, 3.63) is 34.9 Å².